The monoisotopic (exact) mass is 512 g/mol. The Morgan fingerprint density at radius 3 is 2.47 bits per heavy atom. The van der Waals surface area contributed by atoms with Crippen LogP contribution in [-0.2, 0) is 16.6 Å². The number of carbonyl (C=O) groups excluding carboxylic acids is 2. The molecule has 2 fully saturated rings. The maximum Gasteiger partial charge on any atom is 0.253 e. The summed E-state index contributed by atoms with van der Waals surface area (Å²) in [7, 11) is 1.90. The molecule has 0 radical (unpaired) electrons. The predicted molar refractivity (Wildman–Crippen MR) is 145 cm³/mol. The number of piperidine rings is 1. The van der Waals surface area contributed by atoms with Crippen molar-refractivity contribution >= 4 is 17.5 Å². The van der Waals surface area contributed by atoms with E-state index in [1.165, 1.54) is 11.8 Å². The largest absolute Gasteiger partial charge is 0.371 e. The highest BCUT2D eigenvalue weighted by molar-refractivity contribution is 5.95. The van der Waals surface area contributed by atoms with Crippen LogP contribution >= 0.6 is 0 Å². The highest BCUT2D eigenvalue weighted by atomic mass is 19.1. The summed E-state index contributed by atoms with van der Waals surface area (Å²) in [6.45, 7) is 1.79. The third kappa shape index (κ3) is 4.44. The molecule has 6 rings (SSSR count). The zero-order chi connectivity index (χ0) is 26.3. The molecule has 2 aliphatic carbocycles. The number of aromatic nitrogens is 1. The van der Waals surface area contributed by atoms with Crippen molar-refractivity contribution in [3.63, 3.8) is 0 Å². The molecule has 1 saturated heterocycles. The first kappa shape index (κ1) is 24.6. The first-order chi connectivity index (χ1) is 18.5. The molecule has 1 aromatic heterocycles. The summed E-state index contributed by atoms with van der Waals surface area (Å²) < 4.78 is 14.5. The second kappa shape index (κ2) is 9.86. The number of anilines is 1. The minimum Gasteiger partial charge on any atom is -0.371 e. The van der Waals surface area contributed by atoms with Crippen LogP contribution in [0.25, 0.3) is 0 Å². The molecule has 2 heterocycles. The van der Waals surface area contributed by atoms with Gasteiger partial charge in [-0.05, 0) is 80.0 Å². The van der Waals surface area contributed by atoms with Gasteiger partial charge in [0.25, 0.3) is 5.91 Å². The first-order valence-corrected chi connectivity index (χ1v) is 13.6. The van der Waals surface area contributed by atoms with Gasteiger partial charge in [0.1, 0.15) is 5.82 Å². The van der Waals surface area contributed by atoms with Gasteiger partial charge >= 0.3 is 0 Å². The van der Waals surface area contributed by atoms with E-state index in [4.69, 9.17) is 0 Å². The van der Waals surface area contributed by atoms with Crippen LogP contribution in [0.2, 0.25) is 0 Å². The van der Waals surface area contributed by atoms with Gasteiger partial charge in [0, 0.05) is 55.4 Å². The average Bonchev–Trinajstić information content (AvgIpc) is 3.68. The highest BCUT2D eigenvalue weighted by Gasteiger charge is 2.53. The van der Waals surface area contributed by atoms with Gasteiger partial charge in [-0.1, -0.05) is 24.3 Å². The highest BCUT2D eigenvalue weighted by Crippen LogP contribution is 2.50. The van der Waals surface area contributed by atoms with Crippen molar-refractivity contribution in [1.82, 2.24) is 15.2 Å². The second-order valence-electron chi connectivity index (χ2n) is 10.9. The fraction of sp³-hybridized carbons (Fsp3) is 0.387. The minimum absolute atomic E-state index is 0.0113. The lowest BCUT2D eigenvalue weighted by atomic mass is 9.93. The van der Waals surface area contributed by atoms with Crippen LogP contribution in [0.15, 0.2) is 67.0 Å². The Morgan fingerprint density at radius 2 is 1.76 bits per heavy atom. The fourth-order valence-corrected chi connectivity index (χ4v) is 6.21. The Balaban J connectivity index is 1.13. The van der Waals surface area contributed by atoms with E-state index in [2.05, 4.69) is 15.2 Å². The van der Waals surface area contributed by atoms with Gasteiger partial charge in [-0.3, -0.25) is 14.6 Å². The maximum absolute atomic E-state index is 14.5. The van der Waals surface area contributed by atoms with E-state index < -0.39 is 5.41 Å². The number of nitrogens with one attached hydrogen (secondary N) is 1. The zero-order valence-corrected chi connectivity index (χ0v) is 21.7. The van der Waals surface area contributed by atoms with E-state index in [9.17, 15) is 14.0 Å². The van der Waals surface area contributed by atoms with Gasteiger partial charge in [-0.15, -0.1) is 0 Å². The lowest BCUT2D eigenvalue weighted by Crippen LogP contribution is -2.45. The number of carbonyl (C=O) groups is 2. The van der Waals surface area contributed by atoms with E-state index >= 15 is 0 Å². The van der Waals surface area contributed by atoms with Crippen LogP contribution in [0.4, 0.5) is 10.1 Å². The lowest BCUT2D eigenvalue weighted by Gasteiger charge is -2.38. The van der Waals surface area contributed by atoms with Gasteiger partial charge in [0.2, 0.25) is 5.91 Å². The van der Waals surface area contributed by atoms with Crippen LogP contribution in [0.5, 0.6) is 0 Å². The number of rotatable bonds is 6. The number of halogens is 1. The first-order valence-electron chi connectivity index (χ1n) is 13.6. The number of benzene rings is 2. The van der Waals surface area contributed by atoms with Gasteiger partial charge in [-0.25, -0.2) is 4.39 Å². The summed E-state index contributed by atoms with van der Waals surface area (Å²) in [4.78, 5) is 35.2. The SMILES string of the molecule is CN(C(=O)c1ccc2c(c1)[C@H](NC(=O)C1(c3ccccc3F)CC1)CC2)C1CCN(c2ccncc2)CC1. The van der Waals surface area contributed by atoms with Gasteiger partial charge in [0.05, 0.1) is 11.5 Å². The van der Waals surface area contributed by atoms with Crippen LogP contribution < -0.4 is 10.2 Å². The number of amides is 2. The molecule has 3 aliphatic rings. The van der Waals surface area contributed by atoms with Crippen molar-refractivity contribution in [2.75, 3.05) is 25.0 Å². The van der Waals surface area contributed by atoms with Crippen molar-refractivity contribution in [3.05, 3.63) is 95.1 Å². The molecule has 0 bridgehead atoms. The summed E-state index contributed by atoms with van der Waals surface area (Å²) in [6.07, 6.45) is 8.39. The Morgan fingerprint density at radius 1 is 1.03 bits per heavy atom. The molecular weight excluding hydrogens is 479 g/mol. The van der Waals surface area contributed by atoms with Gasteiger partial charge in [0.15, 0.2) is 0 Å². The third-order valence-corrected chi connectivity index (χ3v) is 8.71. The normalized spacial score (nSPS) is 20.1. The van der Waals surface area contributed by atoms with Crippen molar-refractivity contribution in [2.45, 2.75) is 56.0 Å². The molecule has 2 aromatic carbocycles. The predicted octanol–water partition coefficient (Wildman–Crippen LogP) is 4.80. The van der Waals surface area contributed by atoms with Crippen molar-refractivity contribution in [3.8, 4) is 0 Å². The molecule has 1 saturated carbocycles. The van der Waals surface area contributed by atoms with E-state index in [1.54, 1.807) is 18.2 Å². The van der Waals surface area contributed by atoms with E-state index in [-0.39, 0.29) is 29.7 Å². The standard InChI is InChI=1S/C31H33FN4O2/c1-35(23-12-18-36(19-13-23)24-10-16-33-17-11-24)29(37)22-7-6-21-8-9-28(25(21)20-22)34-30(38)31(14-15-31)26-4-2-3-5-27(26)32/h2-7,10-11,16-17,20,23,28H,8-9,12-15,18-19H2,1H3,(H,34,38)/t28-/m1/s1. The summed E-state index contributed by atoms with van der Waals surface area (Å²) in [5.74, 6) is -0.429. The second-order valence-corrected chi connectivity index (χ2v) is 10.9. The zero-order valence-electron chi connectivity index (χ0n) is 21.7. The molecule has 3 aromatic rings. The molecule has 1 atom stereocenters. The maximum atomic E-state index is 14.5. The number of hydrogen-bond acceptors (Lipinski definition) is 4. The lowest BCUT2D eigenvalue weighted by molar-refractivity contribution is -0.124. The van der Waals surface area contributed by atoms with Crippen molar-refractivity contribution < 1.29 is 14.0 Å². The molecule has 0 unspecified atom stereocenters. The van der Waals surface area contributed by atoms with Gasteiger partial charge < -0.3 is 15.1 Å². The Labute approximate surface area is 222 Å². The van der Waals surface area contributed by atoms with Crippen LogP contribution in [0, 0.1) is 5.82 Å². The molecule has 2 amide bonds. The summed E-state index contributed by atoms with van der Waals surface area (Å²) in [5.41, 5.74) is 3.70. The number of nitrogens with zero attached hydrogens (tertiary/aromatic N) is 3. The molecule has 6 nitrogen and oxygen atoms in total. The molecule has 38 heavy (non-hydrogen) atoms. The van der Waals surface area contributed by atoms with E-state index in [0.29, 0.717) is 24.0 Å². The quantitative estimate of drug-likeness (QED) is 0.516. The van der Waals surface area contributed by atoms with E-state index in [1.807, 2.05) is 54.7 Å². The smallest absolute Gasteiger partial charge is 0.253 e. The van der Waals surface area contributed by atoms with Crippen LogP contribution in [-0.4, -0.2) is 47.9 Å². The summed E-state index contributed by atoms with van der Waals surface area (Å²) in [5, 5.41) is 3.20. The number of aryl methyl sites for hydroxylation is 1. The fourth-order valence-electron chi connectivity index (χ4n) is 6.21. The molecule has 196 valence electrons. The summed E-state index contributed by atoms with van der Waals surface area (Å²) in [6, 6.07) is 16.5. The van der Waals surface area contributed by atoms with Crippen LogP contribution in [0.1, 0.15) is 65.2 Å². The van der Waals surface area contributed by atoms with Crippen molar-refractivity contribution in [1.29, 1.82) is 0 Å². The Bertz CT molecular complexity index is 1350. The number of pyridine rings is 1. The summed E-state index contributed by atoms with van der Waals surface area (Å²) >= 11 is 0. The van der Waals surface area contributed by atoms with Crippen molar-refractivity contribution in [2.24, 2.45) is 0 Å². The Kier molecular flexibility index (Phi) is 6.38. The minimum atomic E-state index is -0.771. The molecule has 1 aliphatic heterocycles. The molecule has 7 heteroatoms. The van der Waals surface area contributed by atoms with Gasteiger partial charge in [-0.2, -0.15) is 0 Å². The molecule has 0 spiro atoms. The average molecular weight is 513 g/mol. The topological polar surface area (TPSA) is 65.5 Å². The molecular formula is C31H33FN4O2. The van der Waals surface area contributed by atoms with E-state index in [0.717, 1.165) is 49.9 Å². The Hall–Kier alpha value is -3.74. The van der Waals surface area contributed by atoms with Crippen LogP contribution in [0.3, 0.4) is 0 Å². The molecule has 1 N–H and O–H groups in total. The number of hydrogen-bond donors (Lipinski definition) is 1. The third-order valence-electron chi connectivity index (χ3n) is 8.71. The number of fused-ring (bicyclic) bond motifs is 1.